The van der Waals surface area contributed by atoms with Crippen molar-refractivity contribution in [1.29, 1.82) is 5.26 Å². The number of halogens is 1. The van der Waals surface area contributed by atoms with Gasteiger partial charge in [-0.25, -0.2) is 4.68 Å². The highest BCUT2D eigenvalue weighted by molar-refractivity contribution is 7.86. The maximum Gasteiger partial charge on any atom is 0.294 e. The van der Waals surface area contributed by atoms with Crippen LogP contribution in [0.2, 0.25) is 5.02 Å². The third-order valence-corrected chi connectivity index (χ3v) is 9.89. The number of aromatic nitrogens is 2. The molecule has 0 saturated carbocycles. The number of azo groups is 1. The first-order chi connectivity index (χ1) is 25.1. The molecule has 0 saturated heterocycles. The molecule has 0 aliphatic rings. The van der Waals surface area contributed by atoms with Crippen molar-refractivity contribution in [3.05, 3.63) is 82.0 Å². The Hall–Kier alpha value is -5.19. The van der Waals surface area contributed by atoms with Crippen molar-refractivity contribution in [1.82, 2.24) is 9.78 Å². The van der Waals surface area contributed by atoms with Crippen molar-refractivity contribution in [3.63, 3.8) is 0 Å². The maximum atomic E-state index is 12.9. The van der Waals surface area contributed by atoms with Crippen molar-refractivity contribution >= 4 is 72.2 Å². The Kier molecular flexibility index (Phi) is 12.7. The molecule has 0 aliphatic heterocycles. The summed E-state index contributed by atoms with van der Waals surface area (Å²) in [7, 11) is -8.67. The summed E-state index contributed by atoms with van der Waals surface area (Å²) in [5.41, 5.74) is 2.20. The molecule has 286 valence electrons. The molecule has 0 bridgehead atoms. The van der Waals surface area contributed by atoms with Crippen molar-refractivity contribution in [2.75, 3.05) is 34.4 Å². The lowest BCUT2D eigenvalue weighted by atomic mass is 9.90. The summed E-state index contributed by atoms with van der Waals surface area (Å²) in [5.74, 6) is -1.44. The third kappa shape index (κ3) is 10.3. The van der Waals surface area contributed by atoms with Crippen LogP contribution in [0.4, 0.5) is 28.6 Å². The molecule has 2 amide bonds. The van der Waals surface area contributed by atoms with Gasteiger partial charge in [0.25, 0.3) is 26.1 Å². The fourth-order valence-corrected chi connectivity index (χ4v) is 6.70. The average Bonchev–Trinajstić information content (AvgIpc) is 3.44. The maximum absolute atomic E-state index is 12.9. The largest absolute Gasteiger partial charge is 0.372 e. The number of nitriles is 1. The molecule has 3 aromatic carbocycles. The predicted molar refractivity (Wildman–Crippen MR) is 205 cm³/mol. The van der Waals surface area contributed by atoms with Gasteiger partial charge < -0.3 is 15.5 Å². The van der Waals surface area contributed by atoms with Crippen LogP contribution in [0.15, 0.2) is 69.7 Å². The second-order valence-electron chi connectivity index (χ2n) is 13.2. The van der Waals surface area contributed by atoms with Crippen LogP contribution in [-0.4, -0.2) is 66.4 Å². The zero-order valence-corrected chi connectivity index (χ0v) is 32.6. The molecule has 0 aliphatic carbocycles. The van der Waals surface area contributed by atoms with Gasteiger partial charge in [0.15, 0.2) is 5.82 Å². The quantitative estimate of drug-likeness (QED) is 0.0795. The summed E-state index contributed by atoms with van der Waals surface area (Å²) >= 11 is 6.74. The smallest absolute Gasteiger partial charge is 0.294 e. The van der Waals surface area contributed by atoms with Crippen molar-refractivity contribution in [2.24, 2.45) is 10.2 Å². The van der Waals surface area contributed by atoms with Crippen molar-refractivity contribution < 1.29 is 35.5 Å². The highest BCUT2D eigenvalue weighted by atomic mass is 35.5. The highest BCUT2D eigenvalue weighted by Gasteiger charge is 2.29. The molecule has 1 heterocycles. The Labute approximate surface area is 318 Å². The molecule has 4 rings (SSSR count). The minimum absolute atomic E-state index is 0.0285. The Morgan fingerprint density at radius 3 is 2.31 bits per heavy atom. The molecule has 0 spiro atoms. The van der Waals surface area contributed by atoms with Crippen LogP contribution in [-0.2, 0) is 30.4 Å². The van der Waals surface area contributed by atoms with Crippen LogP contribution in [0.25, 0.3) is 5.69 Å². The Bertz CT molecular complexity index is 2400. The van der Waals surface area contributed by atoms with E-state index in [0.29, 0.717) is 35.7 Å². The molecule has 1 aromatic heterocycles. The standard InChI is InChI=1S/C35H39ClN8O8S2/c1-7-43(14-9-15-53(47,48)49)25-16-21(2)31(29(19-25)38-22(3)45)40-41-33-27(20-37)32(35(4,5)6)42-44(33)30-13-12-24(18-28(30)36)39-34(46)23-10-8-11-26(17-23)54(50,51)52/h8,10-13,16-19H,7,9,14-15H2,1-6H3,(H,38,45)(H,39,46)(H,47,48,49)(H,50,51,52)/b41-40+. The zero-order chi connectivity index (χ0) is 40.2. The SMILES string of the molecule is CCN(CCCS(=O)(=O)O)c1cc(C)c(/N=N/c2c(C#N)c(C(C)(C)C)nn2-c2ccc(NC(=O)c3cccc(S(=O)(=O)O)c3)cc2Cl)c(NC(C)=O)c1. The molecular formula is C35H39ClN8O8S2. The van der Waals surface area contributed by atoms with Gasteiger partial charge in [0.2, 0.25) is 5.91 Å². The average molecular weight is 799 g/mol. The van der Waals surface area contributed by atoms with E-state index in [2.05, 4.69) is 26.9 Å². The Balaban J connectivity index is 1.77. The Morgan fingerprint density at radius 1 is 1.04 bits per heavy atom. The van der Waals surface area contributed by atoms with E-state index < -0.39 is 42.2 Å². The highest BCUT2D eigenvalue weighted by Crippen LogP contribution is 2.39. The van der Waals surface area contributed by atoms with Crippen LogP contribution in [0.5, 0.6) is 0 Å². The summed E-state index contributed by atoms with van der Waals surface area (Å²) < 4.78 is 65.5. The zero-order valence-electron chi connectivity index (χ0n) is 30.2. The second kappa shape index (κ2) is 16.4. The number of hydrogen-bond donors (Lipinski definition) is 4. The molecule has 16 nitrogen and oxygen atoms in total. The van der Waals surface area contributed by atoms with Gasteiger partial charge in [0.05, 0.1) is 32.7 Å². The van der Waals surface area contributed by atoms with Crippen molar-refractivity contribution in [2.45, 2.75) is 58.3 Å². The number of rotatable bonds is 13. The van der Waals surface area contributed by atoms with Crippen LogP contribution in [0.1, 0.15) is 68.2 Å². The number of nitrogens with zero attached hydrogens (tertiary/aromatic N) is 6. The Morgan fingerprint density at radius 2 is 1.74 bits per heavy atom. The molecule has 4 N–H and O–H groups in total. The number of nitrogens with one attached hydrogen (secondary N) is 2. The molecule has 0 unspecified atom stereocenters. The molecular weight excluding hydrogens is 760 g/mol. The van der Waals surface area contributed by atoms with E-state index in [1.54, 1.807) is 19.1 Å². The topological polar surface area (TPSA) is 237 Å². The van der Waals surface area contributed by atoms with Gasteiger partial charge in [0, 0.05) is 42.4 Å². The number of amides is 2. The van der Waals surface area contributed by atoms with Crippen LogP contribution < -0.4 is 15.5 Å². The van der Waals surface area contributed by atoms with E-state index in [1.165, 1.54) is 41.9 Å². The van der Waals surface area contributed by atoms with E-state index in [9.17, 15) is 36.2 Å². The summed E-state index contributed by atoms with van der Waals surface area (Å²) in [5, 5.41) is 29.5. The van der Waals surface area contributed by atoms with Gasteiger partial charge in [-0.05, 0) is 74.4 Å². The van der Waals surface area contributed by atoms with Gasteiger partial charge in [0.1, 0.15) is 17.3 Å². The van der Waals surface area contributed by atoms with Gasteiger partial charge in [-0.2, -0.15) is 27.2 Å². The van der Waals surface area contributed by atoms with E-state index in [1.807, 2.05) is 32.6 Å². The normalized spacial score (nSPS) is 12.1. The van der Waals surface area contributed by atoms with Crippen LogP contribution in [0.3, 0.4) is 0 Å². The lowest BCUT2D eigenvalue weighted by molar-refractivity contribution is -0.114. The van der Waals surface area contributed by atoms with E-state index in [0.717, 1.165) is 12.1 Å². The van der Waals surface area contributed by atoms with Crippen LogP contribution in [0, 0.1) is 18.3 Å². The fraction of sp³-hybridized carbons (Fsp3) is 0.314. The predicted octanol–water partition coefficient (Wildman–Crippen LogP) is 6.98. The molecule has 19 heteroatoms. The summed E-state index contributed by atoms with van der Waals surface area (Å²) in [6, 6.07) is 15.0. The number of benzene rings is 3. The van der Waals surface area contributed by atoms with Crippen molar-refractivity contribution in [3.8, 4) is 11.8 Å². The second-order valence-corrected chi connectivity index (χ2v) is 16.6. The minimum atomic E-state index is -4.53. The van der Waals surface area contributed by atoms with E-state index >= 15 is 0 Å². The molecule has 54 heavy (non-hydrogen) atoms. The summed E-state index contributed by atoms with van der Waals surface area (Å²) in [4.78, 5) is 26.7. The van der Waals surface area contributed by atoms with E-state index in [4.69, 9.17) is 21.3 Å². The van der Waals surface area contributed by atoms with Gasteiger partial charge in [-0.1, -0.05) is 38.4 Å². The van der Waals surface area contributed by atoms with Crippen LogP contribution >= 0.6 is 11.6 Å². The first-order valence-electron chi connectivity index (χ1n) is 16.4. The summed E-state index contributed by atoms with van der Waals surface area (Å²) in [6.45, 7) is 11.4. The van der Waals surface area contributed by atoms with E-state index in [-0.39, 0.29) is 51.4 Å². The monoisotopic (exact) mass is 798 g/mol. The molecule has 0 fully saturated rings. The fourth-order valence-electron chi connectivity index (χ4n) is 5.42. The lowest BCUT2D eigenvalue weighted by Crippen LogP contribution is -2.26. The number of carbonyl (C=O) groups excluding carboxylic acids is 2. The minimum Gasteiger partial charge on any atom is -0.372 e. The number of aryl methyl sites for hydroxylation is 1. The third-order valence-electron chi connectivity index (χ3n) is 7.93. The number of hydrogen-bond acceptors (Lipinski definition) is 11. The van der Waals surface area contributed by atoms with Gasteiger partial charge >= 0.3 is 0 Å². The van der Waals surface area contributed by atoms with Gasteiger partial charge in [-0.3, -0.25) is 18.7 Å². The number of anilines is 3. The lowest BCUT2D eigenvalue weighted by Gasteiger charge is -2.25. The van der Waals surface area contributed by atoms with Gasteiger partial charge in [-0.15, -0.1) is 10.2 Å². The molecule has 0 atom stereocenters. The first kappa shape index (κ1) is 41.6. The summed E-state index contributed by atoms with van der Waals surface area (Å²) in [6.07, 6.45) is 0.167. The molecule has 0 radical (unpaired) electrons. The number of carbonyl (C=O) groups is 2. The first-order valence-corrected chi connectivity index (χ1v) is 19.8. The molecule has 4 aromatic rings.